The highest BCUT2D eigenvalue weighted by molar-refractivity contribution is 9.10. The molecular formula is C18H18BrFN2OS. The number of nitrogens with one attached hydrogen (secondary N) is 2. The monoisotopic (exact) mass is 408 g/mol. The number of rotatable bonds is 2. The molecule has 3 nitrogen and oxygen atoms in total. The summed E-state index contributed by atoms with van der Waals surface area (Å²) < 4.78 is 14.4. The third-order valence-electron chi connectivity index (χ3n) is 3.42. The van der Waals surface area contributed by atoms with E-state index in [2.05, 4.69) is 47.3 Å². The lowest BCUT2D eigenvalue weighted by Crippen LogP contribution is -2.34. The predicted octanol–water partition coefficient (Wildman–Crippen LogP) is 5.01. The fourth-order valence-corrected chi connectivity index (χ4v) is 2.58. The van der Waals surface area contributed by atoms with Gasteiger partial charge in [-0.2, -0.15) is 0 Å². The number of hydrogen-bond donors (Lipinski definition) is 2. The van der Waals surface area contributed by atoms with Crippen molar-refractivity contribution in [1.82, 2.24) is 5.32 Å². The van der Waals surface area contributed by atoms with Crippen molar-refractivity contribution >= 4 is 44.9 Å². The van der Waals surface area contributed by atoms with Gasteiger partial charge in [0.15, 0.2) is 5.11 Å². The zero-order valence-corrected chi connectivity index (χ0v) is 16.0. The lowest BCUT2D eigenvalue weighted by molar-refractivity contribution is 0.0977. The Hall–Kier alpha value is -1.79. The molecule has 0 fully saturated rings. The van der Waals surface area contributed by atoms with Crippen molar-refractivity contribution in [3.05, 3.63) is 63.9 Å². The third kappa shape index (κ3) is 4.85. The van der Waals surface area contributed by atoms with Crippen LogP contribution >= 0.6 is 28.1 Å². The van der Waals surface area contributed by atoms with Gasteiger partial charge in [-0.05, 0) is 53.5 Å². The van der Waals surface area contributed by atoms with Crippen LogP contribution in [0.2, 0.25) is 0 Å². The van der Waals surface area contributed by atoms with Gasteiger partial charge in [-0.3, -0.25) is 10.1 Å². The number of hydrogen-bond acceptors (Lipinski definition) is 2. The molecule has 126 valence electrons. The molecule has 0 radical (unpaired) electrons. The molecular weight excluding hydrogens is 391 g/mol. The van der Waals surface area contributed by atoms with Gasteiger partial charge in [0.2, 0.25) is 0 Å². The summed E-state index contributed by atoms with van der Waals surface area (Å²) in [6.07, 6.45) is 0. The molecule has 0 saturated heterocycles. The molecule has 0 heterocycles. The van der Waals surface area contributed by atoms with Crippen LogP contribution in [0.4, 0.5) is 10.1 Å². The molecule has 2 aromatic carbocycles. The highest BCUT2D eigenvalue weighted by Gasteiger charge is 2.15. The number of thiocarbonyl (C=S) groups is 1. The van der Waals surface area contributed by atoms with Crippen molar-refractivity contribution in [1.29, 1.82) is 0 Å². The van der Waals surface area contributed by atoms with Crippen molar-refractivity contribution in [2.24, 2.45) is 0 Å². The second-order valence-corrected chi connectivity index (χ2v) is 7.68. The van der Waals surface area contributed by atoms with Crippen LogP contribution in [-0.2, 0) is 5.41 Å². The Labute approximate surface area is 154 Å². The van der Waals surface area contributed by atoms with Gasteiger partial charge in [0.25, 0.3) is 5.91 Å². The van der Waals surface area contributed by atoms with Gasteiger partial charge in [-0.1, -0.05) is 48.8 Å². The first-order chi connectivity index (χ1) is 11.2. The van der Waals surface area contributed by atoms with Crippen LogP contribution in [0.3, 0.4) is 0 Å². The molecule has 0 aromatic heterocycles. The number of carbonyl (C=O) groups is 1. The molecule has 0 aliphatic carbocycles. The van der Waals surface area contributed by atoms with E-state index in [9.17, 15) is 9.18 Å². The van der Waals surface area contributed by atoms with Crippen molar-refractivity contribution in [3.63, 3.8) is 0 Å². The molecule has 2 N–H and O–H groups in total. The normalized spacial score (nSPS) is 11.0. The maximum atomic E-state index is 13.8. The topological polar surface area (TPSA) is 41.1 Å². The standard InChI is InChI=1S/C18H18BrFN2OS/c1-18(2,3)12-6-4-11(5-7-12)16(23)22-17(24)21-15-9-8-13(19)10-14(15)20/h4-10H,1-3H3,(H2,21,22,23,24). The summed E-state index contributed by atoms with van der Waals surface area (Å²) in [6.45, 7) is 6.32. The van der Waals surface area contributed by atoms with E-state index in [1.165, 1.54) is 12.1 Å². The Balaban J connectivity index is 2.02. The largest absolute Gasteiger partial charge is 0.330 e. The SMILES string of the molecule is CC(C)(C)c1ccc(C(=O)NC(=S)Nc2ccc(Br)cc2F)cc1. The summed E-state index contributed by atoms with van der Waals surface area (Å²) in [5.41, 5.74) is 1.84. The molecule has 6 heteroatoms. The molecule has 24 heavy (non-hydrogen) atoms. The number of anilines is 1. The highest BCUT2D eigenvalue weighted by Crippen LogP contribution is 2.22. The third-order valence-corrected chi connectivity index (χ3v) is 4.12. The first-order valence-corrected chi connectivity index (χ1v) is 8.55. The van der Waals surface area contributed by atoms with Crippen LogP contribution in [-0.4, -0.2) is 11.0 Å². The smallest absolute Gasteiger partial charge is 0.257 e. The summed E-state index contributed by atoms with van der Waals surface area (Å²) in [6, 6.07) is 11.9. The molecule has 0 unspecified atom stereocenters. The fourth-order valence-electron chi connectivity index (χ4n) is 2.04. The Kier molecular flexibility index (Phi) is 5.72. The summed E-state index contributed by atoms with van der Waals surface area (Å²) in [7, 11) is 0. The molecule has 0 spiro atoms. The second kappa shape index (κ2) is 7.40. The summed E-state index contributed by atoms with van der Waals surface area (Å²) in [5, 5.41) is 5.27. The van der Waals surface area contributed by atoms with Crippen molar-refractivity contribution in [2.45, 2.75) is 26.2 Å². The van der Waals surface area contributed by atoms with Crippen molar-refractivity contribution < 1.29 is 9.18 Å². The van der Waals surface area contributed by atoms with E-state index in [1.807, 2.05) is 12.1 Å². The van der Waals surface area contributed by atoms with Gasteiger partial charge in [0.05, 0.1) is 5.69 Å². The second-order valence-electron chi connectivity index (χ2n) is 6.36. The average Bonchev–Trinajstić information content (AvgIpc) is 2.49. The van der Waals surface area contributed by atoms with Crippen LogP contribution in [0.15, 0.2) is 46.9 Å². The molecule has 0 aliphatic heterocycles. The average molecular weight is 409 g/mol. The Morgan fingerprint density at radius 2 is 1.75 bits per heavy atom. The summed E-state index contributed by atoms with van der Waals surface area (Å²) in [5.74, 6) is -0.805. The van der Waals surface area contributed by atoms with E-state index < -0.39 is 5.82 Å². The van der Waals surface area contributed by atoms with E-state index in [4.69, 9.17) is 12.2 Å². The van der Waals surface area contributed by atoms with Crippen molar-refractivity contribution in [2.75, 3.05) is 5.32 Å². The van der Waals surface area contributed by atoms with Crippen LogP contribution in [0.25, 0.3) is 0 Å². The van der Waals surface area contributed by atoms with Gasteiger partial charge >= 0.3 is 0 Å². The minimum absolute atomic E-state index is 0.0188. The first-order valence-electron chi connectivity index (χ1n) is 7.35. The van der Waals surface area contributed by atoms with Crippen LogP contribution in [0, 0.1) is 5.82 Å². The van der Waals surface area contributed by atoms with Crippen LogP contribution < -0.4 is 10.6 Å². The van der Waals surface area contributed by atoms with Gasteiger partial charge in [0, 0.05) is 10.0 Å². The zero-order valence-electron chi connectivity index (χ0n) is 13.6. The van der Waals surface area contributed by atoms with Gasteiger partial charge in [0.1, 0.15) is 5.82 Å². The lowest BCUT2D eigenvalue weighted by atomic mass is 9.87. The van der Waals surface area contributed by atoms with Gasteiger partial charge in [-0.15, -0.1) is 0 Å². The maximum absolute atomic E-state index is 13.8. The minimum atomic E-state index is -0.462. The molecule has 0 aliphatic rings. The molecule has 0 saturated carbocycles. The quantitative estimate of drug-likeness (QED) is 0.685. The molecule has 0 atom stereocenters. The number of carbonyl (C=O) groups excluding carboxylic acids is 1. The summed E-state index contributed by atoms with van der Waals surface area (Å²) in [4.78, 5) is 12.2. The lowest BCUT2D eigenvalue weighted by Gasteiger charge is -2.19. The first kappa shape index (κ1) is 18.5. The van der Waals surface area contributed by atoms with Crippen molar-refractivity contribution in [3.8, 4) is 0 Å². The minimum Gasteiger partial charge on any atom is -0.330 e. The molecule has 2 rings (SSSR count). The molecule has 1 amide bonds. The highest BCUT2D eigenvalue weighted by atomic mass is 79.9. The fraction of sp³-hybridized carbons (Fsp3) is 0.222. The van der Waals surface area contributed by atoms with Crippen LogP contribution in [0.1, 0.15) is 36.7 Å². The Bertz CT molecular complexity index is 770. The van der Waals surface area contributed by atoms with E-state index in [0.717, 1.165) is 5.56 Å². The molecule has 2 aromatic rings. The number of amides is 1. The Morgan fingerprint density at radius 3 is 2.29 bits per heavy atom. The van der Waals surface area contributed by atoms with Gasteiger partial charge in [-0.25, -0.2) is 4.39 Å². The Morgan fingerprint density at radius 1 is 1.12 bits per heavy atom. The van der Waals surface area contributed by atoms with Crippen LogP contribution in [0.5, 0.6) is 0 Å². The summed E-state index contributed by atoms with van der Waals surface area (Å²) >= 11 is 8.25. The molecule has 0 bridgehead atoms. The zero-order chi connectivity index (χ0) is 17.9. The predicted molar refractivity (Wildman–Crippen MR) is 103 cm³/mol. The van der Waals surface area contributed by atoms with Gasteiger partial charge < -0.3 is 5.32 Å². The van der Waals surface area contributed by atoms with E-state index in [1.54, 1.807) is 18.2 Å². The van der Waals surface area contributed by atoms with E-state index in [0.29, 0.717) is 10.0 Å². The van der Waals surface area contributed by atoms with E-state index in [-0.39, 0.29) is 22.1 Å². The number of benzene rings is 2. The van der Waals surface area contributed by atoms with E-state index >= 15 is 0 Å². The number of halogens is 2. The maximum Gasteiger partial charge on any atom is 0.257 e.